The summed E-state index contributed by atoms with van der Waals surface area (Å²) in [6, 6.07) is 4.22. The number of nitrogens with zero attached hydrogens (tertiary/aromatic N) is 4. The number of fused-ring (bicyclic) bond motifs is 1. The maximum Gasteiger partial charge on any atom is 0.278 e. The number of likely N-dealkylation sites (tertiary alicyclic amines) is 1. The first-order valence-electron chi connectivity index (χ1n) is 7.89. The Hall–Kier alpha value is -2.77. The molecule has 0 unspecified atom stereocenters. The van der Waals surface area contributed by atoms with Crippen molar-refractivity contribution in [3.8, 4) is 0 Å². The van der Waals surface area contributed by atoms with Gasteiger partial charge in [-0.05, 0) is 49.5 Å². The van der Waals surface area contributed by atoms with Crippen molar-refractivity contribution in [1.82, 2.24) is 25.2 Å². The first kappa shape index (κ1) is 14.8. The number of halogens is 1. The van der Waals surface area contributed by atoms with Crippen molar-refractivity contribution >= 4 is 16.9 Å². The molecule has 1 amide bonds. The third kappa shape index (κ3) is 2.44. The van der Waals surface area contributed by atoms with Crippen LogP contribution >= 0.6 is 0 Å². The average Bonchev–Trinajstić information content (AvgIpc) is 3.19. The Kier molecular flexibility index (Phi) is 3.51. The number of hydrogen-bond donors (Lipinski definition) is 1. The van der Waals surface area contributed by atoms with Crippen LogP contribution in [0.3, 0.4) is 0 Å². The summed E-state index contributed by atoms with van der Waals surface area (Å²) in [5.41, 5.74) is 2.01. The summed E-state index contributed by atoms with van der Waals surface area (Å²) in [6.07, 6.45) is 2.70. The zero-order valence-corrected chi connectivity index (χ0v) is 13.1. The van der Waals surface area contributed by atoms with Crippen LogP contribution in [-0.4, -0.2) is 37.6 Å². The predicted molar refractivity (Wildman–Crippen MR) is 82.7 cm³/mol. The van der Waals surface area contributed by atoms with Gasteiger partial charge in [0.2, 0.25) is 0 Å². The second kappa shape index (κ2) is 5.70. The summed E-state index contributed by atoms with van der Waals surface area (Å²) >= 11 is 0. The van der Waals surface area contributed by atoms with Gasteiger partial charge in [0.15, 0.2) is 5.69 Å². The van der Waals surface area contributed by atoms with Crippen LogP contribution in [0.5, 0.6) is 0 Å². The van der Waals surface area contributed by atoms with E-state index in [0.717, 1.165) is 19.3 Å². The number of amides is 1. The standard InChI is InChI=1S/C16H16FN5O2/c1-9-14(21-24-20-9)16(23)22-7-3-2-4-13(22)15-18-11-6-5-10(17)8-12(11)19-15/h5-6,8,13H,2-4,7H2,1H3,(H,18,19)/t13-/m0/s1. The molecule has 3 aromatic rings. The molecule has 1 aliphatic heterocycles. The molecule has 0 aliphatic carbocycles. The first-order chi connectivity index (χ1) is 11.6. The normalized spacial score (nSPS) is 18.2. The highest BCUT2D eigenvalue weighted by atomic mass is 19.1. The number of benzene rings is 1. The molecule has 0 radical (unpaired) electrons. The molecule has 124 valence electrons. The lowest BCUT2D eigenvalue weighted by atomic mass is 10.0. The summed E-state index contributed by atoms with van der Waals surface area (Å²) in [5.74, 6) is 0.126. The molecule has 1 saturated heterocycles. The number of rotatable bonds is 2. The highest BCUT2D eigenvalue weighted by Crippen LogP contribution is 2.31. The Labute approximate surface area is 136 Å². The number of imidazole rings is 1. The van der Waals surface area contributed by atoms with E-state index in [1.54, 1.807) is 17.9 Å². The fourth-order valence-electron chi connectivity index (χ4n) is 3.18. The summed E-state index contributed by atoms with van der Waals surface area (Å²) in [6.45, 7) is 2.30. The lowest BCUT2D eigenvalue weighted by molar-refractivity contribution is 0.0589. The van der Waals surface area contributed by atoms with Crippen molar-refractivity contribution in [1.29, 1.82) is 0 Å². The number of piperidine rings is 1. The molecule has 1 aromatic carbocycles. The Balaban J connectivity index is 1.70. The minimum Gasteiger partial charge on any atom is -0.340 e. The molecule has 1 fully saturated rings. The van der Waals surface area contributed by atoms with Gasteiger partial charge in [-0.15, -0.1) is 0 Å². The third-order valence-corrected chi connectivity index (χ3v) is 4.40. The van der Waals surface area contributed by atoms with E-state index in [2.05, 4.69) is 24.9 Å². The SMILES string of the molecule is Cc1nonc1C(=O)N1CCCC[C@H]1c1nc2ccc(F)cc2[nH]1. The van der Waals surface area contributed by atoms with E-state index < -0.39 is 0 Å². The molecule has 1 aliphatic rings. The van der Waals surface area contributed by atoms with E-state index in [9.17, 15) is 9.18 Å². The second-order valence-corrected chi connectivity index (χ2v) is 5.99. The van der Waals surface area contributed by atoms with Crippen molar-refractivity contribution in [3.05, 3.63) is 41.2 Å². The molecule has 8 heteroatoms. The number of H-pyrrole nitrogens is 1. The number of aromatic amines is 1. The molecule has 0 saturated carbocycles. The highest BCUT2D eigenvalue weighted by Gasteiger charge is 2.33. The summed E-state index contributed by atoms with van der Waals surface area (Å²) in [4.78, 5) is 22.2. The molecule has 3 heterocycles. The molecule has 24 heavy (non-hydrogen) atoms. The molecule has 1 N–H and O–H groups in total. The monoisotopic (exact) mass is 329 g/mol. The maximum atomic E-state index is 13.4. The number of carbonyl (C=O) groups excluding carboxylic acids is 1. The second-order valence-electron chi connectivity index (χ2n) is 5.99. The van der Waals surface area contributed by atoms with E-state index in [-0.39, 0.29) is 23.5 Å². The quantitative estimate of drug-likeness (QED) is 0.781. The van der Waals surface area contributed by atoms with Crippen molar-refractivity contribution in [2.24, 2.45) is 0 Å². The topological polar surface area (TPSA) is 87.9 Å². The number of hydrogen-bond acceptors (Lipinski definition) is 5. The van der Waals surface area contributed by atoms with Crippen molar-refractivity contribution in [2.75, 3.05) is 6.54 Å². The number of aromatic nitrogens is 4. The molecule has 0 bridgehead atoms. The summed E-state index contributed by atoms with van der Waals surface area (Å²) in [5, 5.41) is 7.39. The van der Waals surface area contributed by atoms with Gasteiger partial charge in [0.1, 0.15) is 17.3 Å². The third-order valence-electron chi connectivity index (χ3n) is 4.40. The zero-order valence-electron chi connectivity index (χ0n) is 13.1. The Morgan fingerprint density at radius 2 is 2.25 bits per heavy atom. The van der Waals surface area contributed by atoms with Crippen molar-refractivity contribution < 1.29 is 13.8 Å². The van der Waals surface area contributed by atoms with E-state index >= 15 is 0 Å². The first-order valence-corrected chi connectivity index (χ1v) is 7.89. The molecule has 1 atom stereocenters. The molecular formula is C16H16FN5O2. The number of carbonyl (C=O) groups is 1. The molecule has 7 nitrogen and oxygen atoms in total. The van der Waals surface area contributed by atoms with Gasteiger partial charge in [0.25, 0.3) is 5.91 Å². The van der Waals surface area contributed by atoms with Crippen LogP contribution in [0.1, 0.15) is 47.3 Å². The van der Waals surface area contributed by atoms with E-state index in [4.69, 9.17) is 0 Å². The summed E-state index contributed by atoms with van der Waals surface area (Å²) < 4.78 is 18.0. The minimum atomic E-state index is -0.321. The van der Waals surface area contributed by atoms with Crippen LogP contribution in [0.4, 0.5) is 4.39 Å². The van der Waals surface area contributed by atoms with Crippen molar-refractivity contribution in [3.63, 3.8) is 0 Å². The van der Waals surface area contributed by atoms with Crippen LogP contribution in [0, 0.1) is 12.7 Å². The number of aryl methyl sites for hydroxylation is 1. The van der Waals surface area contributed by atoms with E-state index in [0.29, 0.717) is 29.1 Å². The van der Waals surface area contributed by atoms with Crippen LogP contribution in [0.2, 0.25) is 0 Å². The van der Waals surface area contributed by atoms with Crippen LogP contribution in [0.25, 0.3) is 11.0 Å². The van der Waals surface area contributed by atoms with Crippen molar-refractivity contribution in [2.45, 2.75) is 32.2 Å². The highest BCUT2D eigenvalue weighted by molar-refractivity contribution is 5.93. The van der Waals surface area contributed by atoms with Gasteiger partial charge in [-0.1, -0.05) is 5.16 Å². The fourth-order valence-corrected chi connectivity index (χ4v) is 3.18. The van der Waals surface area contributed by atoms with Gasteiger partial charge in [-0.2, -0.15) is 0 Å². The lowest BCUT2D eigenvalue weighted by Gasteiger charge is -2.34. The van der Waals surface area contributed by atoms with Gasteiger partial charge in [-0.25, -0.2) is 14.0 Å². The van der Waals surface area contributed by atoms with Crippen LogP contribution < -0.4 is 0 Å². The molecular weight excluding hydrogens is 313 g/mol. The Bertz CT molecular complexity index is 903. The largest absolute Gasteiger partial charge is 0.340 e. The summed E-state index contributed by atoms with van der Waals surface area (Å²) in [7, 11) is 0. The van der Waals surface area contributed by atoms with Gasteiger partial charge in [-0.3, -0.25) is 4.79 Å². The van der Waals surface area contributed by atoms with E-state index in [1.807, 2.05) is 0 Å². The maximum absolute atomic E-state index is 13.4. The van der Waals surface area contributed by atoms with E-state index in [1.165, 1.54) is 12.1 Å². The van der Waals surface area contributed by atoms with Crippen LogP contribution in [-0.2, 0) is 0 Å². The van der Waals surface area contributed by atoms with Gasteiger partial charge >= 0.3 is 0 Å². The number of nitrogens with one attached hydrogen (secondary N) is 1. The van der Waals surface area contributed by atoms with Crippen LogP contribution in [0.15, 0.2) is 22.8 Å². The van der Waals surface area contributed by atoms with Gasteiger partial charge in [0.05, 0.1) is 17.1 Å². The lowest BCUT2D eigenvalue weighted by Crippen LogP contribution is -2.39. The average molecular weight is 329 g/mol. The Morgan fingerprint density at radius 3 is 3.04 bits per heavy atom. The smallest absolute Gasteiger partial charge is 0.278 e. The molecule has 4 rings (SSSR count). The fraction of sp³-hybridized carbons (Fsp3) is 0.375. The zero-order chi connectivity index (χ0) is 16.7. The minimum absolute atomic E-state index is 0.196. The molecule has 0 spiro atoms. The van der Waals surface area contributed by atoms with Gasteiger partial charge < -0.3 is 9.88 Å². The Morgan fingerprint density at radius 1 is 1.38 bits per heavy atom. The van der Waals surface area contributed by atoms with Gasteiger partial charge in [0, 0.05) is 6.54 Å². The molecule has 2 aromatic heterocycles. The predicted octanol–water partition coefficient (Wildman–Crippen LogP) is 2.76.